The molecule has 0 amide bonds. The molecule has 102 valence electrons. The summed E-state index contributed by atoms with van der Waals surface area (Å²) in [5.74, 6) is 1.06. The average Bonchev–Trinajstić information content (AvgIpc) is 2.82. The SMILES string of the molecule is Cc1cccc(CCNc2nccn3c(N)nnc23)c1. The fourth-order valence-corrected chi connectivity index (χ4v) is 2.16. The Morgan fingerprint density at radius 2 is 2.20 bits per heavy atom. The van der Waals surface area contributed by atoms with Gasteiger partial charge in [0.15, 0.2) is 5.82 Å². The number of aromatic nitrogens is 4. The van der Waals surface area contributed by atoms with Crippen molar-refractivity contribution in [3.05, 3.63) is 47.8 Å². The Balaban J connectivity index is 1.71. The van der Waals surface area contributed by atoms with Gasteiger partial charge in [0.1, 0.15) is 0 Å². The Morgan fingerprint density at radius 1 is 1.30 bits per heavy atom. The van der Waals surface area contributed by atoms with Crippen LogP contribution in [0.15, 0.2) is 36.7 Å². The largest absolute Gasteiger partial charge is 0.368 e. The number of hydrogen-bond donors (Lipinski definition) is 2. The fourth-order valence-electron chi connectivity index (χ4n) is 2.16. The van der Waals surface area contributed by atoms with E-state index in [1.165, 1.54) is 11.1 Å². The molecule has 0 aliphatic heterocycles. The van der Waals surface area contributed by atoms with Gasteiger partial charge >= 0.3 is 0 Å². The molecule has 0 fully saturated rings. The lowest BCUT2D eigenvalue weighted by Crippen LogP contribution is -2.08. The van der Waals surface area contributed by atoms with Crippen molar-refractivity contribution in [3.8, 4) is 0 Å². The predicted octanol–water partition coefficient (Wildman–Crippen LogP) is 1.67. The van der Waals surface area contributed by atoms with Crippen molar-refractivity contribution in [3.63, 3.8) is 0 Å². The van der Waals surface area contributed by atoms with Crippen LogP contribution < -0.4 is 11.1 Å². The smallest absolute Gasteiger partial charge is 0.226 e. The summed E-state index contributed by atoms with van der Waals surface area (Å²) in [6, 6.07) is 8.48. The molecule has 20 heavy (non-hydrogen) atoms. The van der Waals surface area contributed by atoms with E-state index in [0.29, 0.717) is 17.4 Å². The quantitative estimate of drug-likeness (QED) is 0.752. The zero-order valence-electron chi connectivity index (χ0n) is 11.2. The summed E-state index contributed by atoms with van der Waals surface area (Å²) in [4.78, 5) is 4.28. The van der Waals surface area contributed by atoms with Gasteiger partial charge in [0.25, 0.3) is 0 Å². The Bertz CT molecular complexity index is 733. The Hall–Kier alpha value is -2.63. The van der Waals surface area contributed by atoms with Crippen LogP contribution in [0.5, 0.6) is 0 Å². The highest BCUT2D eigenvalue weighted by Crippen LogP contribution is 2.13. The zero-order valence-corrected chi connectivity index (χ0v) is 11.2. The second kappa shape index (κ2) is 5.16. The maximum absolute atomic E-state index is 5.72. The van der Waals surface area contributed by atoms with Gasteiger partial charge in [-0.3, -0.25) is 4.40 Å². The molecule has 3 aromatic rings. The molecule has 0 radical (unpaired) electrons. The van der Waals surface area contributed by atoms with Crippen molar-refractivity contribution < 1.29 is 0 Å². The topological polar surface area (TPSA) is 81.1 Å². The molecule has 0 saturated heterocycles. The van der Waals surface area contributed by atoms with Crippen LogP contribution in [-0.2, 0) is 6.42 Å². The van der Waals surface area contributed by atoms with Gasteiger partial charge in [0.2, 0.25) is 11.6 Å². The van der Waals surface area contributed by atoms with Gasteiger partial charge in [-0.05, 0) is 18.9 Å². The number of nitrogens with two attached hydrogens (primary N) is 1. The van der Waals surface area contributed by atoms with E-state index in [4.69, 9.17) is 5.73 Å². The number of nitrogen functional groups attached to an aromatic ring is 1. The molecule has 0 atom stereocenters. The molecule has 0 saturated carbocycles. The van der Waals surface area contributed by atoms with E-state index in [1.54, 1.807) is 16.8 Å². The fraction of sp³-hybridized carbons (Fsp3) is 0.214. The normalized spacial score (nSPS) is 10.8. The first-order valence-corrected chi connectivity index (χ1v) is 6.48. The lowest BCUT2D eigenvalue weighted by Gasteiger charge is -2.07. The highest BCUT2D eigenvalue weighted by molar-refractivity contribution is 5.63. The van der Waals surface area contributed by atoms with Gasteiger partial charge in [-0.2, -0.15) is 0 Å². The summed E-state index contributed by atoms with van der Waals surface area (Å²) in [6.07, 6.45) is 4.35. The van der Waals surface area contributed by atoms with Crippen LogP contribution in [-0.4, -0.2) is 26.1 Å². The van der Waals surface area contributed by atoms with Crippen molar-refractivity contribution >= 4 is 17.4 Å². The number of aryl methyl sites for hydroxylation is 1. The third kappa shape index (κ3) is 2.40. The second-order valence-corrected chi connectivity index (χ2v) is 4.69. The monoisotopic (exact) mass is 268 g/mol. The van der Waals surface area contributed by atoms with E-state index in [-0.39, 0.29) is 0 Å². The summed E-state index contributed by atoms with van der Waals surface area (Å²) in [5.41, 5.74) is 8.93. The minimum absolute atomic E-state index is 0.365. The van der Waals surface area contributed by atoms with E-state index < -0.39 is 0 Å². The number of fused-ring (bicyclic) bond motifs is 1. The molecule has 0 aliphatic carbocycles. The lowest BCUT2D eigenvalue weighted by molar-refractivity contribution is 0.996. The second-order valence-electron chi connectivity index (χ2n) is 4.69. The van der Waals surface area contributed by atoms with Gasteiger partial charge in [0, 0.05) is 18.9 Å². The van der Waals surface area contributed by atoms with E-state index in [9.17, 15) is 0 Å². The van der Waals surface area contributed by atoms with Crippen LogP contribution in [0.4, 0.5) is 11.8 Å². The first kappa shape index (κ1) is 12.4. The highest BCUT2D eigenvalue weighted by Gasteiger charge is 2.07. The molecule has 0 unspecified atom stereocenters. The number of rotatable bonds is 4. The third-order valence-corrected chi connectivity index (χ3v) is 3.14. The number of hydrogen-bond acceptors (Lipinski definition) is 5. The molecule has 0 spiro atoms. The van der Waals surface area contributed by atoms with Gasteiger partial charge in [-0.25, -0.2) is 4.98 Å². The molecule has 0 aliphatic rings. The van der Waals surface area contributed by atoms with E-state index in [0.717, 1.165) is 13.0 Å². The molecule has 3 N–H and O–H groups in total. The van der Waals surface area contributed by atoms with Gasteiger partial charge < -0.3 is 11.1 Å². The summed E-state index contributed by atoms with van der Waals surface area (Å²) in [7, 11) is 0. The van der Waals surface area contributed by atoms with Crippen LogP contribution >= 0.6 is 0 Å². The standard InChI is InChI=1S/C14H16N6/c1-10-3-2-4-11(9-10)5-6-16-12-13-18-19-14(15)20(13)8-7-17-12/h2-4,7-9H,5-6H2,1H3,(H2,15,19)(H,16,17). The summed E-state index contributed by atoms with van der Waals surface area (Å²) >= 11 is 0. The molecule has 2 heterocycles. The number of anilines is 2. The van der Waals surface area contributed by atoms with E-state index in [2.05, 4.69) is 51.7 Å². The lowest BCUT2D eigenvalue weighted by atomic mass is 10.1. The van der Waals surface area contributed by atoms with Crippen LogP contribution in [0.1, 0.15) is 11.1 Å². The number of benzene rings is 1. The van der Waals surface area contributed by atoms with Crippen LogP contribution in [0.3, 0.4) is 0 Å². The van der Waals surface area contributed by atoms with Crippen LogP contribution in [0.2, 0.25) is 0 Å². The highest BCUT2D eigenvalue weighted by atomic mass is 15.3. The summed E-state index contributed by atoms with van der Waals surface area (Å²) in [6.45, 7) is 2.88. The van der Waals surface area contributed by atoms with Crippen LogP contribution in [0.25, 0.3) is 5.65 Å². The first-order valence-electron chi connectivity index (χ1n) is 6.48. The van der Waals surface area contributed by atoms with Gasteiger partial charge in [-0.15, -0.1) is 10.2 Å². The molecule has 1 aromatic carbocycles. The van der Waals surface area contributed by atoms with Crippen molar-refractivity contribution in [2.24, 2.45) is 0 Å². The van der Waals surface area contributed by atoms with Crippen molar-refractivity contribution in [2.75, 3.05) is 17.6 Å². The third-order valence-electron chi connectivity index (χ3n) is 3.14. The Morgan fingerprint density at radius 3 is 3.05 bits per heavy atom. The van der Waals surface area contributed by atoms with Gasteiger partial charge in [-0.1, -0.05) is 29.8 Å². The van der Waals surface area contributed by atoms with Crippen molar-refractivity contribution in [1.82, 2.24) is 19.6 Å². The number of nitrogens with one attached hydrogen (secondary N) is 1. The molecular weight excluding hydrogens is 252 g/mol. The zero-order chi connectivity index (χ0) is 13.9. The predicted molar refractivity (Wildman–Crippen MR) is 78.6 cm³/mol. The van der Waals surface area contributed by atoms with Crippen molar-refractivity contribution in [1.29, 1.82) is 0 Å². The summed E-state index contributed by atoms with van der Waals surface area (Å²) in [5, 5.41) is 11.1. The van der Waals surface area contributed by atoms with Gasteiger partial charge in [0.05, 0.1) is 0 Å². The minimum atomic E-state index is 0.365. The van der Waals surface area contributed by atoms with Crippen molar-refractivity contribution in [2.45, 2.75) is 13.3 Å². The molecule has 6 heteroatoms. The number of nitrogens with zero attached hydrogens (tertiary/aromatic N) is 4. The molecular formula is C14H16N6. The van der Waals surface area contributed by atoms with E-state index in [1.807, 2.05) is 0 Å². The first-order chi connectivity index (χ1) is 9.74. The molecule has 0 bridgehead atoms. The Labute approximate surface area is 116 Å². The molecule has 6 nitrogen and oxygen atoms in total. The average molecular weight is 268 g/mol. The van der Waals surface area contributed by atoms with E-state index >= 15 is 0 Å². The Kier molecular flexibility index (Phi) is 3.20. The minimum Gasteiger partial charge on any atom is -0.368 e. The maximum atomic E-state index is 5.72. The summed E-state index contributed by atoms with van der Waals surface area (Å²) < 4.78 is 1.71. The van der Waals surface area contributed by atoms with Crippen LogP contribution in [0, 0.1) is 6.92 Å². The molecule has 3 rings (SSSR count). The molecule has 2 aromatic heterocycles. The maximum Gasteiger partial charge on any atom is 0.226 e.